The molecule has 1 aromatic heterocycles. The summed E-state index contributed by atoms with van der Waals surface area (Å²) >= 11 is 1.08. The van der Waals surface area contributed by atoms with Crippen LogP contribution in [0.15, 0.2) is 30.3 Å². The molecule has 2 nitrogen and oxygen atoms in total. The molecule has 0 aliphatic carbocycles. The van der Waals surface area contributed by atoms with Gasteiger partial charge in [-0.1, -0.05) is 0 Å². The smallest absolute Gasteiger partial charge is 0.387 e. The minimum absolute atomic E-state index is 0.120. The number of halogens is 3. The van der Waals surface area contributed by atoms with Crippen LogP contribution in [0.3, 0.4) is 0 Å². The van der Waals surface area contributed by atoms with Gasteiger partial charge in [0.15, 0.2) is 6.29 Å². The standard InChI is InChI=1S/C12H7F3O2S/c13-7-1-3-10(17-12(14)15)9(5-7)11-4-2-8(6-16)18-11/h1-6,12H. The van der Waals surface area contributed by atoms with E-state index in [9.17, 15) is 18.0 Å². The number of carbonyl (C=O) groups is 1. The predicted molar refractivity (Wildman–Crippen MR) is 61.7 cm³/mol. The molecule has 1 heterocycles. The lowest BCUT2D eigenvalue weighted by Gasteiger charge is -2.09. The summed E-state index contributed by atoms with van der Waals surface area (Å²) in [6.07, 6.45) is 0.640. The summed E-state index contributed by atoms with van der Waals surface area (Å²) in [5.41, 5.74) is 0.202. The zero-order chi connectivity index (χ0) is 13.1. The maximum Gasteiger partial charge on any atom is 0.387 e. The molecule has 6 heteroatoms. The summed E-state index contributed by atoms with van der Waals surface area (Å²) in [4.78, 5) is 11.5. The van der Waals surface area contributed by atoms with E-state index in [1.165, 1.54) is 6.07 Å². The van der Waals surface area contributed by atoms with Gasteiger partial charge in [0.1, 0.15) is 11.6 Å². The largest absolute Gasteiger partial charge is 0.434 e. The zero-order valence-corrected chi connectivity index (χ0v) is 9.72. The Morgan fingerprint density at radius 3 is 2.61 bits per heavy atom. The molecule has 0 saturated heterocycles. The Hall–Kier alpha value is -1.82. The Labute approximate surface area is 105 Å². The second-order valence-electron chi connectivity index (χ2n) is 3.34. The van der Waals surface area contributed by atoms with Crippen molar-refractivity contribution in [3.63, 3.8) is 0 Å². The first-order valence-electron chi connectivity index (χ1n) is 4.90. The highest BCUT2D eigenvalue weighted by molar-refractivity contribution is 7.17. The van der Waals surface area contributed by atoms with Crippen LogP contribution < -0.4 is 4.74 Å². The number of ether oxygens (including phenoxy) is 1. The second-order valence-corrected chi connectivity index (χ2v) is 4.45. The summed E-state index contributed by atoms with van der Waals surface area (Å²) in [7, 11) is 0. The van der Waals surface area contributed by atoms with Gasteiger partial charge in [0.2, 0.25) is 0 Å². The molecule has 0 N–H and O–H groups in total. The zero-order valence-electron chi connectivity index (χ0n) is 8.90. The molecule has 0 aliphatic heterocycles. The van der Waals surface area contributed by atoms with Crippen LogP contribution in [0.5, 0.6) is 5.75 Å². The number of aldehydes is 1. The van der Waals surface area contributed by atoms with E-state index in [1.54, 1.807) is 6.07 Å². The van der Waals surface area contributed by atoms with Crippen LogP contribution in [0, 0.1) is 5.82 Å². The first kappa shape index (κ1) is 12.6. The quantitative estimate of drug-likeness (QED) is 0.787. The SMILES string of the molecule is O=Cc1ccc(-c2cc(F)ccc2OC(F)F)s1. The minimum Gasteiger partial charge on any atom is -0.434 e. The Bertz CT molecular complexity index is 566. The first-order valence-corrected chi connectivity index (χ1v) is 5.71. The Balaban J connectivity index is 2.46. The number of carbonyl (C=O) groups excluding carboxylic acids is 1. The Morgan fingerprint density at radius 1 is 1.22 bits per heavy atom. The topological polar surface area (TPSA) is 26.3 Å². The number of alkyl halides is 2. The third-order valence-electron chi connectivity index (χ3n) is 2.17. The van der Waals surface area contributed by atoms with Crippen molar-refractivity contribution in [2.75, 3.05) is 0 Å². The molecule has 0 fully saturated rings. The van der Waals surface area contributed by atoms with Crippen molar-refractivity contribution < 1.29 is 22.7 Å². The van der Waals surface area contributed by atoms with E-state index in [4.69, 9.17) is 0 Å². The second kappa shape index (κ2) is 5.22. The van der Waals surface area contributed by atoms with Gasteiger partial charge in [0.25, 0.3) is 0 Å². The number of thiophene rings is 1. The normalized spacial score (nSPS) is 10.7. The van der Waals surface area contributed by atoms with E-state index in [2.05, 4.69) is 4.74 Å². The van der Waals surface area contributed by atoms with Crippen LogP contribution in [0.1, 0.15) is 9.67 Å². The molecule has 0 bridgehead atoms. The molecule has 94 valence electrons. The molecule has 0 atom stereocenters. The fourth-order valence-corrected chi connectivity index (χ4v) is 2.30. The van der Waals surface area contributed by atoms with Crippen LogP contribution in [0.2, 0.25) is 0 Å². The van der Waals surface area contributed by atoms with Crippen molar-refractivity contribution in [3.8, 4) is 16.2 Å². The van der Waals surface area contributed by atoms with Crippen molar-refractivity contribution in [1.82, 2.24) is 0 Å². The highest BCUT2D eigenvalue weighted by Crippen LogP contribution is 2.35. The highest BCUT2D eigenvalue weighted by atomic mass is 32.1. The van der Waals surface area contributed by atoms with Crippen LogP contribution in [0.4, 0.5) is 13.2 Å². The van der Waals surface area contributed by atoms with E-state index in [-0.39, 0.29) is 11.3 Å². The van der Waals surface area contributed by atoms with Gasteiger partial charge < -0.3 is 4.74 Å². The minimum atomic E-state index is -2.99. The maximum atomic E-state index is 13.2. The van der Waals surface area contributed by atoms with Crippen molar-refractivity contribution in [2.24, 2.45) is 0 Å². The third kappa shape index (κ3) is 2.70. The van der Waals surface area contributed by atoms with Crippen molar-refractivity contribution in [1.29, 1.82) is 0 Å². The lowest BCUT2D eigenvalue weighted by molar-refractivity contribution is -0.0494. The van der Waals surface area contributed by atoms with Gasteiger partial charge in [0.05, 0.1) is 4.88 Å². The molecular formula is C12H7F3O2S. The molecule has 0 saturated carbocycles. The van der Waals surface area contributed by atoms with Gasteiger partial charge in [0, 0.05) is 10.4 Å². The summed E-state index contributed by atoms with van der Waals surface area (Å²) in [5.74, 6) is -0.682. The Morgan fingerprint density at radius 2 is 2.00 bits per heavy atom. The van der Waals surface area contributed by atoms with Gasteiger partial charge >= 0.3 is 6.61 Å². The number of hydrogen-bond acceptors (Lipinski definition) is 3. The van der Waals surface area contributed by atoms with E-state index in [1.807, 2.05) is 0 Å². The fraction of sp³-hybridized carbons (Fsp3) is 0.0833. The molecule has 0 unspecified atom stereocenters. The van der Waals surface area contributed by atoms with E-state index in [0.29, 0.717) is 16.0 Å². The number of hydrogen-bond donors (Lipinski definition) is 0. The Kier molecular flexibility index (Phi) is 3.66. The molecular weight excluding hydrogens is 265 g/mol. The summed E-state index contributed by atoms with van der Waals surface area (Å²) in [6, 6.07) is 6.36. The number of rotatable bonds is 4. The summed E-state index contributed by atoms with van der Waals surface area (Å²) in [6.45, 7) is -2.99. The molecule has 2 rings (SSSR count). The molecule has 0 amide bonds. The number of benzene rings is 1. The van der Waals surface area contributed by atoms with Crippen molar-refractivity contribution in [3.05, 3.63) is 41.0 Å². The van der Waals surface area contributed by atoms with E-state index >= 15 is 0 Å². The lowest BCUT2D eigenvalue weighted by atomic mass is 10.1. The monoisotopic (exact) mass is 272 g/mol. The van der Waals surface area contributed by atoms with Gasteiger partial charge in [-0.3, -0.25) is 4.79 Å². The van der Waals surface area contributed by atoms with Crippen molar-refractivity contribution in [2.45, 2.75) is 6.61 Å². The van der Waals surface area contributed by atoms with E-state index < -0.39 is 12.4 Å². The van der Waals surface area contributed by atoms with Crippen LogP contribution >= 0.6 is 11.3 Å². The van der Waals surface area contributed by atoms with E-state index in [0.717, 1.165) is 29.5 Å². The van der Waals surface area contributed by atoms with Gasteiger partial charge in [-0.15, -0.1) is 11.3 Å². The molecule has 18 heavy (non-hydrogen) atoms. The first-order chi connectivity index (χ1) is 8.60. The molecule has 0 radical (unpaired) electrons. The van der Waals surface area contributed by atoms with Crippen LogP contribution in [0.25, 0.3) is 10.4 Å². The maximum absolute atomic E-state index is 13.2. The molecule has 1 aromatic carbocycles. The lowest BCUT2D eigenvalue weighted by Crippen LogP contribution is -2.03. The van der Waals surface area contributed by atoms with Gasteiger partial charge in [-0.25, -0.2) is 4.39 Å². The summed E-state index contributed by atoms with van der Waals surface area (Å²) < 4.78 is 41.9. The van der Waals surface area contributed by atoms with Crippen LogP contribution in [-0.2, 0) is 0 Å². The van der Waals surface area contributed by atoms with Crippen LogP contribution in [-0.4, -0.2) is 12.9 Å². The highest BCUT2D eigenvalue weighted by Gasteiger charge is 2.14. The fourth-order valence-electron chi connectivity index (χ4n) is 1.45. The summed E-state index contributed by atoms with van der Waals surface area (Å²) in [5, 5.41) is 0. The molecule has 0 aliphatic rings. The van der Waals surface area contributed by atoms with Gasteiger partial charge in [-0.2, -0.15) is 8.78 Å². The predicted octanol–water partition coefficient (Wildman–Crippen LogP) is 3.97. The molecule has 0 spiro atoms. The third-order valence-corrected chi connectivity index (χ3v) is 3.21. The van der Waals surface area contributed by atoms with Crippen molar-refractivity contribution >= 4 is 17.6 Å². The average Bonchev–Trinajstić information content (AvgIpc) is 2.79. The molecule has 2 aromatic rings. The van der Waals surface area contributed by atoms with Gasteiger partial charge in [-0.05, 0) is 30.3 Å². The average molecular weight is 272 g/mol.